The highest BCUT2D eigenvalue weighted by molar-refractivity contribution is 7.89. The molecular weight excluding hydrogens is 338 g/mol. The number of rotatable bonds is 6. The maximum Gasteiger partial charge on any atom is 0.261 e. The van der Waals surface area contributed by atoms with Gasteiger partial charge in [-0.1, -0.05) is 0 Å². The van der Waals surface area contributed by atoms with Gasteiger partial charge in [0.05, 0.1) is 15.8 Å². The normalized spacial score (nSPS) is 13.3. The number of hydrogen-bond donors (Lipinski definition) is 2. The van der Waals surface area contributed by atoms with Crippen LogP contribution < -0.4 is 10.0 Å². The fourth-order valence-electron chi connectivity index (χ4n) is 2.01. The molecule has 23 heavy (non-hydrogen) atoms. The van der Waals surface area contributed by atoms with Crippen molar-refractivity contribution in [2.45, 2.75) is 37.8 Å². The first-order chi connectivity index (χ1) is 10.8. The summed E-state index contributed by atoms with van der Waals surface area (Å²) in [7, 11) is -2.25. The van der Waals surface area contributed by atoms with E-state index in [4.69, 9.17) is 0 Å². The Morgan fingerprint density at radius 2 is 2.04 bits per heavy atom. The molecule has 2 rings (SSSR count). The van der Waals surface area contributed by atoms with Gasteiger partial charge < -0.3 is 9.88 Å². The molecule has 2 aromatic rings. The smallest absolute Gasteiger partial charge is 0.261 e. The monoisotopic (exact) mass is 357 g/mol. The highest BCUT2D eigenvalue weighted by Crippen LogP contribution is 2.22. The SMILES string of the molecule is CNC(=O)c1cc(S(=O)(=O)N[C@H](C)c2nncn2C(C)C)cs1. The van der Waals surface area contributed by atoms with Crippen LogP contribution in [0.3, 0.4) is 0 Å². The van der Waals surface area contributed by atoms with Crippen LogP contribution in [0.2, 0.25) is 0 Å². The summed E-state index contributed by atoms with van der Waals surface area (Å²) in [6, 6.07) is 0.923. The summed E-state index contributed by atoms with van der Waals surface area (Å²) in [6.45, 7) is 5.62. The number of nitrogens with zero attached hydrogens (tertiary/aromatic N) is 3. The van der Waals surface area contributed by atoms with Crippen molar-refractivity contribution in [3.05, 3.63) is 28.5 Å². The van der Waals surface area contributed by atoms with Gasteiger partial charge in [0.1, 0.15) is 6.33 Å². The maximum absolute atomic E-state index is 12.4. The number of hydrogen-bond acceptors (Lipinski definition) is 6. The first-order valence-electron chi connectivity index (χ1n) is 6.98. The van der Waals surface area contributed by atoms with E-state index < -0.39 is 16.1 Å². The second-order valence-corrected chi connectivity index (χ2v) is 7.88. The first-order valence-corrected chi connectivity index (χ1v) is 9.35. The molecule has 0 aliphatic rings. The molecule has 0 radical (unpaired) electrons. The van der Waals surface area contributed by atoms with Crippen molar-refractivity contribution in [2.24, 2.45) is 0 Å². The van der Waals surface area contributed by atoms with Crippen molar-refractivity contribution in [3.63, 3.8) is 0 Å². The molecule has 0 aromatic carbocycles. The molecule has 0 fully saturated rings. The summed E-state index contributed by atoms with van der Waals surface area (Å²) in [5, 5.41) is 11.7. The Hall–Kier alpha value is -1.78. The molecule has 0 spiro atoms. The van der Waals surface area contributed by atoms with Gasteiger partial charge >= 0.3 is 0 Å². The average Bonchev–Trinajstić information content (AvgIpc) is 3.15. The van der Waals surface area contributed by atoms with Gasteiger partial charge in [0.15, 0.2) is 5.82 Å². The Labute approximate surface area is 139 Å². The number of aromatic nitrogens is 3. The maximum atomic E-state index is 12.4. The van der Waals surface area contributed by atoms with Crippen molar-refractivity contribution < 1.29 is 13.2 Å². The molecule has 0 bridgehead atoms. The van der Waals surface area contributed by atoms with Gasteiger partial charge in [-0.2, -0.15) is 0 Å². The molecule has 0 saturated carbocycles. The summed E-state index contributed by atoms with van der Waals surface area (Å²) in [5.41, 5.74) is 0. The Morgan fingerprint density at radius 1 is 1.35 bits per heavy atom. The van der Waals surface area contributed by atoms with Crippen LogP contribution in [0, 0.1) is 0 Å². The number of carbonyl (C=O) groups is 1. The van der Waals surface area contributed by atoms with Crippen LogP contribution in [0.1, 0.15) is 48.4 Å². The van der Waals surface area contributed by atoms with Crippen LogP contribution in [-0.4, -0.2) is 36.1 Å². The standard InChI is InChI=1S/C13H19N5O3S2/c1-8(2)18-7-15-16-12(18)9(3)17-23(20,21)10-5-11(22-6-10)13(19)14-4/h5-9,17H,1-4H3,(H,14,19)/t9-/m1/s1. The molecule has 2 N–H and O–H groups in total. The predicted octanol–water partition coefficient (Wildman–Crippen LogP) is 1.32. The summed E-state index contributed by atoms with van der Waals surface area (Å²) < 4.78 is 29.3. The summed E-state index contributed by atoms with van der Waals surface area (Å²) >= 11 is 1.08. The van der Waals surface area contributed by atoms with Crippen molar-refractivity contribution in [1.82, 2.24) is 24.8 Å². The minimum Gasteiger partial charge on any atom is -0.354 e. The zero-order valence-electron chi connectivity index (χ0n) is 13.3. The van der Waals surface area contributed by atoms with Gasteiger partial charge in [-0.05, 0) is 26.8 Å². The third-order valence-corrected chi connectivity index (χ3v) is 5.81. The van der Waals surface area contributed by atoms with Gasteiger partial charge in [0.25, 0.3) is 5.91 Å². The Morgan fingerprint density at radius 3 is 2.65 bits per heavy atom. The summed E-state index contributed by atoms with van der Waals surface area (Å²) in [4.78, 5) is 11.9. The van der Waals surface area contributed by atoms with Gasteiger partial charge in [-0.25, -0.2) is 13.1 Å². The van der Waals surface area contributed by atoms with E-state index in [1.165, 1.54) is 18.5 Å². The quantitative estimate of drug-likeness (QED) is 0.811. The second-order valence-electron chi connectivity index (χ2n) is 5.26. The molecule has 0 aliphatic heterocycles. The van der Waals surface area contributed by atoms with Crippen LogP contribution >= 0.6 is 11.3 Å². The number of sulfonamides is 1. The average molecular weight is 357 g/mol. The van der Waals surface area contributed by atoms with Crippen LogP contribution in [-0.2, 0) is 10.0 Å². The van der Waals surface area contributed by atoms with Crippen molar-refractivity contribution in [3.8, 4) is 0 Å². The lowest BCUT2D eigenvalue weighted by molar-refractivity contribution is 0.0967. The summed E-state index contributed by atoms with van der Waals surface area (Å²) in [6.07, 6.45) is 1.57. The third kappa shape index (κ3) is 3.77. The van der Waals surface area contributed by atoms with E-state index in [-0.39, 0.29) is 16.8 Å². The third-order valence-electron chi connectivity index (χ3n) is 3.21. The van der Waals surface area contributed by atoms with E-state index in [1.807, 2.05) is 13.8 Å². The van der Waals surface area contributed by atoms with Gasteiger partial charge in [-0.15, -0.1) is 21.5 Å². The van der Waals surface area contributed by atoms with Crippen molar-refractivity contribution in [1.29, 1.82) is 0 Å². The lowest BCUT2D eigenvalue weighted by Crippen LogP contribution is -2.29. The molecule has 2 aromatic heterocycles. The fourth-order valence-corrected chi connectivity index (χ4v) is 4.44. The van der Waals surface area contributed by atoms with E-state index in [0.29, 0.717) is 10.7 Å². The number of carbonyl (C=O) groups excluding carboxylic acids is 1. The van der Waals surface area contributed by atoms with E-state index in [1.54, 1.807) is 17.8 Å². The number of thiophene rings is 1. The number of amides is 1. The molecule has 0 unspecified atom stereocenters. The molecule has 8 nitrogen and oxygen atoms in total. The van der Waals surface area contributed by atoms with Crippen molar-refractivity contribution >= 4 is 27.3 Å². The zero-order valence-corrected chi connectivity index (χ0v) is 14.9. The van der Waals surface area contributed by atoms with Gasteiger partial charge in [0, 0.05) is 18.5 Å². The first kappa shape index (κ1) is 17.6. The lowest BCUT2D eigenvalue weighted by atomic mass is 10.3. The van der Waals surface area contributed by atoms with Crippen LogP contribution in [0.25, 0.3) is 0 Å². The lowest BCUT2D eigenvalue weighted by Gasteiger charge is -2.16. The topological polar surface area (TPSA) is 106 Å². The Kier molecular flexibility index (Phi) is 5.17. The highest BCUT2D eigenvalue weighted by Gasteiger charge is 2.24. The molecule has 1 amide bonds. The molecule has 2 heterocycles. The molecular formula is C13H19N5O3S2. The zero-order chi connectivity index (χ0) is 17.2. The minimum absolute atomic E-state index is 0.0589. The molecule has 126 valence electrons. The Bertz CT molecular complexity index is 794. The fraction of sp³-hybridized carbons (Fsp3) is 0.462. The van der Waals surface area contributed by atoms with Crippen LogP contribution in [0.5, 0.6) is 0 Å². The molecule has 10 heteroatoms. The predicted molar refractivity (Wildman–Crippen MR) is 86.9 cm³/mol. The van der Waals surface area contributed by atoms with Gasteiger partial charge in [0.2, 0.25) is 10.0 Å². The molecule has 0 aliphatic carbocycles. The minimum atomic E-state index is -3.75. The van der Waals surface area contributed by atoms with E-state index in [2.05, 4.69) is 20.2 Å². The van der Waals surface area contributed by atoms with Crippen LogP contribution in [0.15, 0.2) is 22.7 Å². The second kappa shape index (κ2) is 6.77. The number of nitrogens with one attached hydrogen (secondary N) is 2. The van der Waals surface area contributed by atoms with E-state index >= 15 is 0 Å². The van der Waals surface area contributed by atoms with E-state index in [9.17, 15) is 13.2 Å². The van der Waals surface area contributed by atoms with Crippen LogP contribution in [0.4, 0.5) is 0 Å². The molecule has 0 saturated heterocycles. The summed E-state index contributed by atoms with van der Waals surface area (Å²) in [5.74, 6) is 0.217. The molecule has 1 atom stereocenters. The Balaban J connectivity index is 2.22. The largest absolute Gasteiger partial charge is 0.354 e. The van der Waals surface area contributed by atoms with Gasteiger partial charge in [-0.3, -0.25) is 4.79 Å². The highest BCUT2D eigenvalue weighted by atomic mass is 32.2. The van der Waals surface area contributed by atoms with E-state index in [0.717, 1.165) is 11.3 Å². The van der Waals surface area contributed by atoms with Crippen molar-refractivity contribution in [2.75, 3.05) is 7.05 Å².